The molecule has 0 radical (unpaired) electrons. The fraction of sp³-hybridized carbons (Fsp3) is 0.429. The van der Waals surface area contributed by atoms with Crippen LogP contribution >= 0.6 is 0 Å². The highest BCUT2D eigenvalue weighted by Crippen LogP contribution is 2.19. The summed E-state index contributed by atoms with van der Waals surface area (Å²) in [6.45, 7) is 2.76. The minimum absolute atomic E-state index is 0.00202. The van der Waals surface area contributed by atoms with Crippen LogP contribution in [0, 0.1) is 12.8 Å². The van der Waals surface area contributed by atoms with E-state index in [1.807, 2.05) is 10.7 Å². The molecule has 0 bridgehead atoms. The number of nitrogens with zero attached hydrogens (tertiary/aromatic N) is 3. The summed E-state index contributed by atoms with van der Waals surface area (Å²) in [6, 6.07) is 3.35. The Morgan fingerprint density at radius 3 is 3.24 bits per heavy atom. The van der Waals surface area contributed by atoms with Crippen molar-refractivity contribution in [2.45, 2.75) is 32.9 Å². The Bertz CT molecular complexity index is 718. The van der Waals surface area contributed by atoms with E-state index in [1.165, 1.54) is 6.07 Å². The van der Waals surface area contributed by atoms with Crippen LogP contribution in [-0.4, -0.2) is 25.7 Å². The van der Waals surface area contributed by atoms with Crippen molar-refractivity contribution < 1.29 is 4.79 Å². The number of rotatable bonds is 3. The summed E-state index contributed by atoms with van der Waals surface area (Å²) in [5.74, 6) is 0.507. The van der Waals surface area contributed by atoms with Crippen LogP contribution in [0.2, 0.25) is 0 Å². The predicted molar refractivity (Wildman–Crippen MR) is 75.5 cm³/mol. The molecule has 110 valence electrons. The molecule has 0 aliphatic carbocycles. The van der Waals surface area contributed by atoms with Gasteiger partial charge in [0.1, 0.15) is 5.82 Å². The van der Waals surface area contributed by atoms with Crippen LogP contribution in [0.5, 0.6) is 0 Å². The van der Waals surface area contributed by atoms with E-state index in [0.717, 1.165) is 18.7 Å². The average molecular weight is 287 g/mol. The Morgan fingerprint density at radius 1 is 1.57 bits per heavy atom. The lowest BCUT2D eigenvalue weighted by atomic mass is 9.95. The Labute approximate surface area is 121 Å². The van der Waals surface area contributed by atoms with Crippen molar-refractivity contribution in [3.63, 3.8) is 0 Å². The number of fused-ring (bicyclic) bond motifs is 1. The van der Waals surface area contributed by atoms with Crippen molar-refractivity contribution in [1.82, 2.24) is 25.1 Å². The van der Waals surface area contributed by atoms with Gasteiger partial charge in [0.2, 0.25) is 5.91 Å². The zero-order valence-corrected chi connectivity index (χ0v) is 11.8. The van der Waals surface area contributed by atoms with E-state index in [9.17, 15) is 9.59 Å². The molecule has 1 unspecified atom stereocenters. The average Bonchev–Trinajstić information content (AvgIpc) is 2.91. The molecule has 1 amide bonds. The minimum atomic E-state index is -0.201. The van der Waals surface area contributed by atoms with E-state index < -0.39 is 0 Å². The summed E-state index contributed by atoms with van der Waals surface area (Å²) < 4.78 is 1.94. The summed E-state index contributed by atoms with van der Waals surface area (Å²) in [4.78, 5) is 30.3. The number of nitrogens with one attached hydrogen (secondary N) is 2. The van der Waals surface area contributed by atoms with Gasteiger partial charge in [-0.1, -0.05) is 0 Å². The van der Waals surface area contributed by atoms with Crippen molar-refractivity contribution in [3.05, 3.63) is 45.9 Å². The largest absolute Gasteiger partial charge is 0.350 e. The number of aryl methyl sites for hydroxylation is 2. The maximum atomic E-state index is 12.2. The first kappa shape index (κ1) is 13.5. The van der Waals surface area contributed by atoms with E-state index in [2.05, 4.69) is 20.4 Å². The SMILES string of the molecule is Cc1nc(CNC(=O)C2CCn3nccc3C2)cc(=O)[nH]1. The summed E-state index contributed by atoms with van der Waals surface area (Å²) in [7, 11) is 0. The molecule has 1 atom stereocenters. The maximum absolute atomic E-state index is 12.2. The molecule has 0 saturated heterocycles. The van der Waals surface area contributed by atoms with Gasteiger partial charge in [-0.05, 0) is 19.4 Å². The zero-order chi connectivity index (χ0) is 14.8. The van der Waals surface area contributed by atoms with Crippen molar-refractivity contribution in [2.24, 2.45) is 5.92 Å². The fourth-order valence-corrected chi connectivity index (χ4v) is 2.65. The quantitative estimate of drug-likeness (QED) is 0.840. The van der Waals surface area contributed by atoms with Crippen LogP contribution in [0.25, 0.3) is 0 Å². The first-order valence-electron chi connectivity index (χ1n) is 6.97. The van der Waals surface area contributed by atoms with Crippen molar-refractivity contribution in [2.75, 3.05) is 0 Å². The molecule has 1 aliphatic heterocycles. The van der Waals surface area contributed by atoms with Gasteiger partial charge in [-0.3, -0.25) is 14.3 Å². The van der Waals surface area contributed by atoms with Crippen LogP contribution in [0.3, 0.4) is 0 Å². The summed E-state index contributed by atoms with van der Waals surface area (Å²) in [5.41, 5.74) is 1.46. The van der Waals surface area contributed by atoms with Gasteiger partial charge in [0, 0.05) is 36.8 Å². The highest BCUT2D eigenvalue weighted by Gasteiger charge is 2.24. The molecule has 0 saturated carbocycles. The van der Waals surface area contributed by atoms with Crippen molar-refractivity contribution in [3.8, 4) is 0 Å². The third-order valence-electron chi connectivity index (χ3n) is 3.68. The normalized spacial score (nSPS) is 17.3. The predicted octanol–water partition coefficient (Wildman–Crippen LogP) is 0.154. The second-order valence-electron chi connectivity index (χ2n) is 5.28. The molecule has 2 aromatic heterocycles. The van der Waals surface area contributed by atoms with Crippen LogP contribution in [0.1, 0.15) is 23.6 Å². The number of aromatic amines is 1. The highest BCUT2D eigenvalue weighted by atomic mass is 16.2. The Morgan fingerprint density at radius 2 is 2.43 bits per heavy atom. The van der Waals surface area contributed by atoms with Gasteiger partial charge in [0.25, 0.3) is 5.56 Å². The van der Waals surface area contributed by atoms with Gasteiger partial charge >= 0.3 is 0 Å². The molecule has 0 spiro atoms. The number of carbonyl (C=O) groups is 1. The third kappa shape index (κ3) is 3.01. The van der Waals surface area contributed by atoms with E-state index in [1.54, 1.807) is 13.1 Å². The molecule has 1 aliphatic rings. The Hall–Kier alpha value is -2.44. The molecular formula is C14H17N5O2. The van der Waals surface area contributed by atoms with Gasteiger partial charge in [-0.2, -0.15) is 5.10 Å². The Kier molecular flexibility index (Phi) is 3.55. The van der Waals surface area contributed by atoms with Gasteiger partial charge in [0.15, 0.2) is 0 Å². The molecule has 3 heterocycles. The lowest BCUT2D eigenvalue weighted by Crippen LogP contribution is -2.35. The smallest absolute Gasteiger partial charge is 0.251 e. The molecule has 2 aromatic rings. The van der Waals surface area contributed by atoms with E-state index in [0.29, 0.717) is 17.9 Å². The summed E-state index contributed by atoms with van der Waals surface area (Å²) in [6.07, 6.45) is 3.24. The van der Waals surface area contributed by atoms with Gasteiger partial charge in [0.05, 0.1) is 12.2 Å². The zero-order valence-electron chi connectivity index (χ0n) is 11.8. The molecule has 0 fully saturated rings. The molecule has 3 rings (SSSR count). The fourth-order valence-electron chi connectivity index (χ4n) is 2.65. The van der Waals surface area contributed by atoms with Gasteiger partial charge in [-0.15, -0.1) is 0 Å². The molecule has 7 heteroatoms. The third-order valence-corrected chi connectivity index (χ3v) is 3.68. The number of carbonyl (C=O) groups excluding carboxylic acids is 1. The molecular weight excluding hydrogens is 270 g/mol. The lowest BCUT2D eigenvalue weighted by Gasteiger charge is -2.22. The van der Waals surface area contributed by atoms with Crippen molar-refractivity contribution in [1.29, 1.82) is 0 Å². The van der Waals surface area contributed by atoms with Gasteiger partial charge in [-0.25, -0.2) is 4.98 Å². The van der Waals surface area contributed by atoms with Crippen LogP contribution in [0.15, 0.2) is 23.1 Å². The number of aromatic nitrogens is 4. The highest BCUT2D eigenvalue weighted by molar-refractivity contribution is 5.78. The summed E-state index contributed by atoms with van der Waals surface area (Å²) in [5, 5.41) is 7.06. The van der Waals surface area contributed by atoms with Gasteiger partial charge < -0.3 is 10.3 Å². The second kappa shape index (κ2) is 5.51. The molecule has 2 N–H and O–H groups in total. The number of H-pyrrole nitrogens is 1. The lowest BCUT2D eigenvalue weighted by molar-refractivity contribution is -0.125. The number of hydrogen-bond acceptors (Lipinski definition) is 4. The monoisotopic (exact) mass is 287 g/mol. The molecule has 7 nitrogen and oxygen atoms in total. The minimum Gasteiger partial charge on any atom is -0.350 e. The van der Waals surface area contributed by atoms with Crippen LogP contribution in [-0.2, 0) is 24.3 Å². The van der Waals surface area contributed by atoms with E-state index in [4.69, 9.17) is 0 Å². The molecule has 0 aromatic carbocycles. The van der Waals surface area contributed by atoms with Crippen LogP contribution in [0.4, 0.5) is 0 Å². The van der Waals surface area contributed by atoms with E-state index >= 15 is 0 Å². The van der Waals surface area contributed by atoms with E-state index in [-0.39, 0.29) is 23.9 Å². The second-order valence-corrected chi connectivity index (χ2v) is 5.28. The number of hydrogen-bond donors (Lipinski definition) is 2. The van der Waals surface area contributed by atoms with Crippen molar-refractivity contribution >= 4 is 5.91 Å². The Balaban J connectivity index is 1.61. The standard InChI is InChI=1S/C14H17N5O2/c1-9-17-11(7-13(20)18-9)8-15-14(21)10-3-5-19-12(6-10)2-4-16-19/h2,4,7,10H,3,5-6,8H2,1H3,(H,15,21)(H,17,18,20). The maximum Gasteiger partial charge on any atom is 0.251 e. The van der Waals surface area contributed by atoms with Crippen LogP contribution < -0.4 is 10.9 Å². The topological polar surface area (TPSA) is 92.7 Å². The molecule has 21 heavy (non-hydrogen) atoms. The number of amides is 1. The first-order valence-corrected chi connectivity index (χ1v) is 6.97. The first-order chi connectivity index (χ1) is 10.1. The summed E-state index contributed by atoms with van der Waals surface area (Å²) >= 11 is 0.